The molecule has 1 heterocycles. The first-order valence-corrected chi connectivity index (χ1v) is 12.0. The lowest BCUT2D eigenvalue weighted by atomic mass is 10.2. The molecule has 0 spiro atoms. The van der Waals surface area contributed by atoms with E-state index >= 15 is 0 Å². The molecule has 0 aliphatic carbocycles. The molecule has 1 amide bonds. The standard InChI is InChI=1S/C23H28N2O7S/c1-17(2)32-20-10-9-18(15-21(20)30-3)23(27)31-16-22(26)24-11-13-25(14-12-24)33(28,29)19-7-5-4-6-8-19/h4-10,15,17H,11-14,16H2,1-3H3. The van der Waals surface area contributed by atoms with Crippen molar-refractivity contribution in [2.45, 2.75) is 24.8 Å². The molecule has 1 aliphatic rings. The van der Waals surface area contributed by atoms with Gasteiger partial charge in [-0.05, 0) is 44.2 Å². The molecule has 1 aliphatic heterocycles. The minimum absolute atomic E-state index is 0.0579. The van der Waals surface area contributed by atoms with Gasteiger partial charge in [-0.15, -0.1) is 0 Å². The molecule has 0 saturated carbocycles. The summed E-state index contributed by atoms with van der Waals surface area (Å²) in [5.41, 5.74) is 0.231. The molecule has 0 atom stereocenters. The van der Waals surface area contributed by atoms with Crippen molar-refractivity contribution in [2.75, 3.05) is 39.9 Å². The lowest BCUT2D eigenvalue weighted by Gasteiger charge is -2.33. The average Bonchev–Trinajstić information content (AvgIpc) is 2.82. The zero-order chi connectivity index (χ0) is 24.0. The van der Waals surface area contributed by atoms with Crippen LogP contribution in [0.3, 0.4) is 0 Å². The van der Waals surface area contributed by atoms with Gasteiger partial charge in [-0.3, -0.25) is 4.79 Å². The zero-order valence-corrected chi connectivity index (χ0v) is 19.7. The summed E-state index contributed by atoms with van der Waals surface area (Å²) in [6.07, 6.45) is -0.0579. The third-order valence-electron chi connectivity index (χ3n) is 5.06. The van der Waals surface area contributed by atoms with Crippen molar-refractivity contribution < 1.29 is 32.2 Å². The maximum Gasteiger partial charge on any atom is 0.338 e. The van der Waals surface area contributed by atoms with Gasteiger partial charge in [-0.25, -0.2) is 13.2 Å². The Balaban J connectivity index is 1.53. The number of ether oxygens (including phenoxy) is 3. The van der Waals surface area contributed by atoms with Crippen molar-refractivity contribution in [1.29, 1.82) is 0 Å². The van der Waals surface area contributed by atoms with Crippen LogP contribution in [0.25, 0.3) is 0 Å². The molecular weight excluding hydrogens is 448 g/mol. The van der Waals surface area contributed by atoms with Crippen LogP contribution in [0.5, 0.6) is 11.5 Å². The lowest BCUT2D eigenvalue weighted by molar-refractivity contribution is -0.135. The summed E-state index contributed by atoms with van der Waals surface area (Å²) in [6, 6.07) is 12.8. The number of carbonyl (C=O) groups is 2. The van der Waals surface area contributed by atoms with E-state index in [9.17, 15) is 18.0 Å². The van der Waals surface area contributed by atoms with Crippen molar-refractivity contribution in [3.8, 4) is 11.5 Å². The SMILES string of the molecule is COc1cc(C(=O)OCC(=O)N2CCN(S(=O)(=O)c3ccccc3)CC2)ccc1OC(C)C. The van der Waals surface area contributed by atoms with E-state index in [0.717, 1.165) is 0 Å². The Labute approximate surface area is 193 Å². The van der Waals surface area contributed by atoms with Gasteiger partial charge in [-0.1, -0.05) is 18.2 Å². The van der Waals surface area contributed by atoms with Crippen molar-refractivity contribution in [3.05, 3.63) is 54.1 Å². The normalized spacial score (nSPS) is 14.7. The minimum atomic E-state index is -3.60. The first-order chi connectivity index (χ1) is 15.7. The molecule has 1 fully saturated rings. The summed E-state index contributed by atoms with van der Waals surface area (Å²) in [5, 5.41) is 0. The number of esters is 1. The van der Waals surface area contributed by atoms with Gasteiger partial charge in [0.15, 0.2) is 18.1 Å². The molecule has 0 radical (unpaired) electrons. The van der Waals surface area contributed by atoms with Gasteiger partial charge in [-0.2, -0.15) is 4.31 Å². The highest BCUT2D eigenvalue weighted by Crippen LogP contribution is 2.29. The number of nitrogens with zero attached hydrogens (tertiary/aromatic N) is 2. The van der Waals surface area contributed by atoms with E-state index in [4.69, 9.17) is 14.2 Å². The van der Waals surface area contributed by atoms with Gasteiger partial charge in [0, 0.05) is 26.2 Å². The molecule has 33 heavy (non-hydrogen) atoms. The molecule has 2 aromatic rings. The number of hydrogen-bond donors (Lipinski definition) is 0. The topological polar surface area (TPSA) is 102 Å². The van der Waals surface area contributed by atoms with Gasteiger partial charge >= 0.3 is 5.97 Å². The molecule has 0 unspecified atom stereocenters. The molecule has 0 N–H and O–H groups in total. The van der Waals surface area contributed by atoms with E-state index in [1.54, 1.807) is 42.5 Å². The average molecular weight is 477 g/mol. The van der Waals surface area contributed by atoms with E-state index < -0.39 is 22.6 Å². The van der Waals surface area contributed by atoms with Gasteiger partial charge in [0.25, 0.3) is 5.91 Å². The Bertz CT molecular complexity index is 1080. The fourth-order valence-corrected chi connectivity index (χ4v) is 4.81. The maximum absolute atomic E-state index is 12.7. The highest BCUT2D eigenvalue weighted by molar-refractivity contribution is 7.89. The number of carbonyl (C=O) groups excluding carboxylic acids is 2. The van der Waals surface area contributed by atoms with Gasteiger partial charge in [0.1, 0.15) is 0 Å². The van der Waals surface area contributed by atoms with E-state index in [1.807, 2.05) is 13.8 Å². The molecule has 1 saturated heterocycles. The smallest absolute Gasteiger partial charge is 0.338 e. The molecule has 178 valence electrons. The highest BCUT2D eigenvalue weighted by Gasteiger charge is 2.30. The third kappa shape index (κ3) is 6.02. The molecule has 3 rings (SSSR count). The minimum Gasteiger partial charge on any atom is -0.493 e. The second-order valence-electron chi connectivity index (χ2n) is 7.71. The van der Waals surface area contributed by atoms with Crippen LogP contribution < -0.4 is 9.47 Å². The molecule has 0 aromatic heterocycles. The summed E-state index contributed by atoms with van der Waals surface area (Å²) in [6.45, 7) is 4.11. The van der Waals surface area contributed by atoms with Crippen LogP contribution in [0.2, 0.25) is 0 Å². The summed E-state index contributed by atoms with van der Waals surface area (Å²) < 4.78 is 42.8. The number of benzene rings is 2. The zero-order valence-electron chi connectivity index (χ0n) is 18.9. The van der Waals surface area contributed by atoms with Crippen molar-refractivity contribution in [3.63, 3.8) is 0 Å². The van der Waals surface area contributed by atoms with Crippen molar-refractivity contribution in [2.24, 2.45) is 0 Å². The molecule has 9 nitrogen and oxygen atoms in total. The fourth-order valence-electron chi connectivity index (χ4n) is 3.37. The predicted molar refractivity (Wildman–Crippen MR) is 121 cm³/mol. The Hall–Kier alpha value is -3.11. The van der Waals surface area contributed by atoms with E-state index in [2.05, 4.69) is 0 Å². The second kappa shape index (κ2) is 10.7. The van der Waals surface area contributed by atoms with E-state index in [-0.39, 0.29) is 48.6 Å². The summed E-state index contributed by atoms with van der Waals surface area (Å²) in [4.78, 5) is 26.6. The fraction of sp³-hybridized carbons (Fsp3) is 0.391. The first kappa shape index (κ1) is 24.5. The molecular formula is C23H28N2O7S. The van der Waals surface area contributed by atoms with Crippen LogP contribution >= 0.6 is 0 Å². The van der Waals surface area contributed by atoms with Crippen LogP contribution in [-0.2, 0) is 19.6 Å². The van der Waals surface area contributed by atoms with Crippen LogP contribution in [0.4, 0.5) is 0 Å². The van der Waals surface area contributed by atoms with Gasteiger partial charge < -0.3 is 19.1 Å². The third-order valence-corrected chi connectivity index (χ3v) is 6.97. The Morgan fingerprint density at radius 3 is 2.24 bits per heavy atom. The maximum atomic E-state index is 12.7. The number of amides is 1. The van der Waals surface area contributed by atoms with Crippen molar-refractivity contribution >= 4 is 21.9 Å². The first-order valence-electron chi connectivity index (χ1n) is 10.6. The lowest BCUT2D eigenvalue weighted by Crippen LogP contribution is -2.51. The number of methoxy groups -OCH3 is 1. The summed E-state index contributed by atoms with van der Waals surface area (Å²) >= 11 is 0. The molecule has 2 aromatic carbocycles. The number of rotatable bonds is 8. The number of hydrogen-bond acceptors (Lipinski definition) is 7. The Morgan fingerprint density at radius 1 is 0.970 bits per heavy atom. The monoisotopic (exact) mass is 476 g/mol. The number of sulfonamides is 1. The predicted octanol–water partition coefficient (Wildman–Crippen LogP) is 2.17. The van der Waals surface area contributed by atoms with Crippen LogP contribution in [-0.4, -0.2) is 75.5 Å². The van der Waals surface area contributed by atoms with Crippen LogP contribution in [0.15, 0.2) is 53.4 Å². The van der Waals surface area contributed by atoms with Crippen LogP contribution in [0, 0.1) is 0 Å². The Kier molecular flexibility index (Phi) is 7.93. The number of piperazine rings is 1. The largest absolute Gasteiger partial charge is 0.493 e. The summed E-state index contributed by atoms with van der Waals surface area (Å²) in [5.74, 6) is -0.154. The van der Waals surface area contributed by atoms with Crippen LogP contribution in [0.1, 0.15) is 24.2 Å². The van der Waals surface area contributed by atoms with Gasteiger partial charge in [0.2, 0.25) is 10.0 Å². The van der Waals surface area contributed by atoms with Crippen molar-refractivity contribution in [1.82, 2.24) is 9.21 Å². The van der Waals surface area contributed by atoms with E-state index in [1.165, 1.54) is 22.4 Å². The van der Waals surface area contributed by atoms with Gasteiger partial charge in [0.05, 0.1) is 23.7 Å². The van der Waals surface area contributed by atoms with E-state index in [0.29, 0.717) is 11.5 Å². The summed E-state index contributed by atoms with van der Waals surface area (Å²) in [7, 11) is -2.13. The molecule has 0 bridgehead atoms. The Morgan fingerprint density at radius 2 is 1.64 bits per heavy atom. The quantitative estimate of drug-likeness (QED) is 0.538. The second-order valence-corrected chi connectivity index (χ2v) is 9.64. The highest BCUT2D eigenvalue weighted by atomic mass is 32.2. The molecule has 10 heteroatoms.